The van der Waals surface area contributed by atoms with Gasteiger partial charge in [0.05, 0.1) is 23.1 Å². The highest BCUT2D eigenvalue weighted by molar-refractivity contribution is 8.14. The van der Waals surface area contributed by atoms with E-state index < -0.39 is 5.97 Å². The van der Waals surface area contributed by atoms with Crippen molar-refractivity contribution in [3.05, 3.63) is 119 Å². The Morgan fingerprint density at radius 3 is 2.45 bits per heavy atom. The first-order valence-electron chi connectivity index (χ1n) is 15.9. The first-order valence-corrected chi connectivity index (χ1v) is 16.9. The molecule has 1 unspecified atom stereocenters. The van der Waals surface area contributed by atoms with Crippen LogP contribution in [-0.4, -0.2) is 48.4 Å². The third-order valence-electron chi connectivity index (χ3n) is 8.04. The molecular formula is C38H40N4O4S. The first kappa shape index (κ1) is 33.6. The van der Waals surface area contributed by atoms with Crippen LogP contribution in [0, 0.1) is 12.8 Å². The number of carbonyl (C=O) groups is 3. The zero-order valence-electron chi connectivity index (χ0n) is 27.2. The van der Waals surface area contributed by atoms with Crippen LogP contribution < -0.4 is 5.32 Å². The number of fused-ring (bicyclic) bond motifs is 1. The largest absolute Gasteiger partial charge is 0.478 e. The number of hydrogen-bond acceptors (Lipinski definition) is 6. The van der Waals surface area contributed by atoms with Crippen LogP contribution in [0.4, 0.5) is 0 Å². The maximum absolute atomic E-state index is 13.8. The second-order valence-corrected chi connectivity index (χ2v) is 13.2. The molecule has 0 aliphatic heterocycles. The third-order valence-corrected chi connectivity index (χ3v) is 9.11. The predicted octanol–water partition coefficient (Wildman–Crippen LogP) is 7.82. The number of hydrogen-bond donors (Lipinski definition) is 2. The van der Waals surface area contributed by atoms with Crippen molar-refractivity contribution in [2.75, 3.05) is 5.75 Å². The fourth-order valence-corrected chi connectivity index (χ4v) is 6.78. The molecule has 0 radical (unpaired) electrons. The van der Waals surface area contributed by atoms with Crippen molar-refractivity contribution < 1.29 is 19.5 Å². The van der Waals surface area contributed by atoms with Crippen LogP contribution in [0.5, 0.6) is 0 Å². The van der Waals surface area contributed by atoms with Crippen LogP contribution in [0.25, 0.3) is 22.2 Å². The van der Waals surface area contributed by atoms with Crippen LogP contribution in [0.2, 0.25) is 0 Å². The molecule has 0 fully saturated rings. The van der Waals surface area contributed by atoms with Crippen LogP contribution in [0.3, 0.4) is 0 Å². The number of rotatable bonds is 13. The molecule has 1 atom stereocenters. The number of thioether (sulfide) groups is 1. The van der Waals surface area contributed by atoms with Crippen molar-refractivity contribution in [3.8, 4) is 11.1 Å². The molecule has 5 rings (SSSR count). The minimum absolute atomic E-state index is 0.0808. The summed E-state index contributed by atoms with van der Waals surface area (Å²) in [7, 11) is 0. The van der Waals surface area contributed by atoms with Gasteiger partial charge in [-0.25, -0.2) is 9.78 Å². The Hall–Kier alpha value is -4.76. The predicted molar refractivity (Wildman–Crippen MR) is 188 cm³/mol. The summed E-state index contributed by atoms with van der Waals surface area (Å²) in [5, 5.41) is 13.5. The summed E-state index contributed by atoms with van der Waals surface area (Å²) in [6, 6.07) is 22.1. The molecule has 9 heteroatoms. The van der Waals surface area contributed by atoms with Crippen molar-refractivity contribution in [1.29, 1.82) is 0 Å². The van der Waals surface area contributed by atoms with Gasteiger partial charge in [0.1, 0.15) is 5.82 Å². The monoisotopic (exact) mass is 648 g/mol. The molecule has 0 aliphatic rings. The second-order valence-electron chi connectivity index (χ2n) is 12.2. The Morgan fingerprint density at radius 1 is 0.979 bits per heavy atom. The normalized spacial score (nSPS) is 11.9. The maximum Gasteiger partial charge on any atom is 0.336 e. The fourth-order valence-electron chi connectivity index (χ4n) is 5.93. The molecule has 1 amide bonds. The Kier molecular flexibility index (Phi) is 10.9. The highest BCUT2D eigenvalue weighted by atomic mass is 32.2. The van der Waals surface area contributed by atoms with E-state index in [0.29, 0.717) is 53.3 Å². The molecule has 0 bridgehead atoms. The van der Waals surface area contributed by atoms with Crippen molar-refractivity contribution in [2.45, 2.75) is 59.5 Å². The molecule has 5 aromatic rings. The van der Waals surface area contributed by atoms with E-state index in [-0.39, 0.29) is 22.6 Å². The number of amides is 1. The summed E-state index contributed by atoms with van der Waals surface area (Å²) in [6.07, 6.45) is 5.46. The number of imidazole rings is 1. The quantitative estimate of drug-likeness (QED) is 0.134. The molecular weight excluding hydrogens is 609 g/mol. The number of aryl methyl sites for hydroxylation is 2. The van der Waals surface area contributed by atoms with E-state index in [1.165, 1.54) is 11.8 Å². The molecule has 2 heterocycles. The molecule has 3 aromatic carbocycles. The van der Waals surface area contributed by atoms with E-state index in [0.717, 1.165) is 34.4 Å². The molecule has 0 spiro atoms. The number of nitrogens with zero attached hydrogens (tertiary/aromatic N) is 3. The van der Waals surface area contributed by atoms with Crippen molar-refractivity contribution in [2.24, 2.45) is 5.92 Å². The van der Waals surface area contributed by atoms with Gasteiger partial charge >= 0.3 is 5.97 Å². The van der Waals surface area contributed by atoms with Gasteiger partial charge < -0.3 is 15.0 Å². The molecule has 242 valence electrons. The standard InChI is InChI=1S/C38H40N4O4S/c1-5-11-33-41-35-25(4)19-29(36(43)40-30(18-24(2)3)23-47-38(46)27-15-10-17-39-21-27)20-32(35)42(33)22-28-14-9-16-31(34(28)37(44)45)26-12-7-6-8-13-26/h6-10,12-17,19-21,24,30H,5,11,18,22-23H2,1-4H3,(H,40,43)(H,44,45). The minimum atomic E-state index is -0.992. The second kappa shape index (κ2) is 15.2. The molecule has 8 nitrogen and oxygen atoms in total. The number of carbonyl (C=O) groups excluding carboxylic acids is 2. The molecule has 0 aliphatic carbocycles. The SMILES string of the molecule is CCCc1nc2c(C)cc(C(=O)NC(CSC(=O)c3cccnc3)CC(C)C)cc2n1Cc1cccc(-c2ccccc2)c1C(=O)O. The van der Waals surface area contributed by atoms with Gasteiger partial charge in [-0.2, -0.15) is 0 Å². The van der Waals surface area contributed by atoms with E-state index in [2.05, 4.69) is 31.1 Å². The van der Waals surface area contributed by atoms with E-state index >= 15 is 0 Å². The lowest BCUT2D eigenvalue weighted by atomic mass is 9.95. The van der Waals surface area contributed by atoms with Gasteiger partial charge in [-0.3, -0.25) is 14.6 Å². The van der Waals surface area contributed by atoms with Gasteiger partial charge in [0.2, 0.25) is 5.12 Å². The van der Waals surface area contributed by atoms with Crippen LogP contribution >= 0.6 is 11.8 Å². The summed E-state index contributed by atoms with van der Waals surface area (Å²) in [5.74, 6) is 0.373. The number of benzene rings is 3. The van der Waals surface area contributed by atoms with Gasteiger partial charge in [-0.05, 0) is 72.2 Å². The zero-order chi connectivity index (χ0) is 33.5. The third kappa shape index (κ3) is 7.97. The number of nitrogens with one attached hydrogen (secondary N) is 1. The van der Waals surface area contributed by atoms with Gasteiger partial charge in [0.25, 0.3) is 5.91 Å². The van der Waals surface area contributed by atoms with Crippen LogP contribution in [-0.2, 0) is 13.0 Å². The van der Waals surface area contributed by atoms with E-state index in [1.54, 1.807) is 24.5 Å². The number of carboxylic acid groups (broad SMARTS) is 1. The highest BCUT2D eigenvalue weighted by Gasteiger charge is 2.23. The average Bonchev–Trinajstić information content (AvgIpc) is 3.41. The van der Waals surface area contributed by atoms with Gasteiger partial charge in [-0.15, -0.1) is 0 Å². The number of pyridine rings is 1. The zero-order valence-corrected chi connectivity index (χ0v) is 28.0. The van der Waals surface area contributed by atoms with Gasteiger partial charge in [-0.1, -0.05) is 81.1 Å². The van der Waals surface area contributed by atoms with Crippen LogP contribution in [0.15, 0.2) is 85.2 Å². The van der Waals surface area contributed by atoms with Crippen LogP contribution in [0.1, 0.15) is 81.6 Å². The Labute approximate surface area is 279 Å². The summed E-state index contributed by atoms with van der Waals surface area (Å²) in [4.78, 5) is 48.2. The lowest BCUT2D eigenvalue weighted by Crippen LogP contribution is -2.38. The van der Waals surface area contributed by atoms with Crippen molar-refractivity contribution >= 4 is 39.8 Å². The Bertz CT molecular complexity index is 1890. The fraction of sp³-hybridized carbons (Fsp3) is 0.289. The first-order chi connectivity index (χ1) is 22.7. The van der Waals surface area contributed by atoms with Gasteiger partial charge in [0, 0.05) is 41.7 Å². The van der Waals surface area contributed by atoms with E-state index in [1.807, 2.05) is 72.2 Å². The average molecular weight is 649 g/mol. The molecule has 2 aromatic heterocycles. The van der Waals surface area contributed by atoms with Crippen molar-refractivity contribution in [1.82, 2.24) is 19.9 Å². The maximum atomic E-state index is 13.8. The topological polar surface area (TPSA) is 114 Å². The molecule has 0 saturated carbocycles. The highest BCUT2D eigenvalue weighted by Crippen LogP contribution is 2.30. The Balaban J connectivity index is 1.48. The molecule has 0 saturated heterocycles. The van der Waals surface area contributed by atoms with E-state index in [4.69, 9.17) is 4.98 Å². The minimum Gasteiger partial charge on any atom is -0.478 e. The lowest BCUT2D eigenvalue weighted by Gasteiger charge is -2.20. The summed E-state index contributed by atoms with van der Waals surface area (Å²) < 4.78 is 2.05. The molecule has 2 N–H and O–H groups in total. The summed E-state index contributed by atoms with van der Waals surface area (Å²) in [5.41, 5.74) is 5.86. The smallest absolute Gasteiger partial charge is 0.336 e. The lowest BCUT2D eigenvalue weighted by molar-refractivity contribution is 0.0696. The number of aromatic nitrogens is 3. The number of aromatic carboxylic acids is 1. The molecule has 47 heavy (non-hydrogen) atoms. The summed E-state index contributed by atoms with van der Waals surface area (Å²) >= 11 is 1.18. The van der Waals surface area contributed by atoms with E-state index in [9.17, 15) is 19.5 Å². The van der Waals surface area contributed by atoms with Crippen molar-refractivity contribution in [3.63, 3.8) is 0 Å². The summed E-state index contributed by atoms with van der Waals surface area (Å²) in [6.45, 7) is 8.50. The number of carboxylic acids is 1. The Morgan fingerprint density at radius 2 is 1.77 bits per heavy atom. The van der Waals surface area contributed by atoms with Gasteiger partial charge in [0.15, 0.2) is 0 Å².